The summed E-state index contributed by atoms with van der Waals surface area (Å²) in [6.07, 6.45) is 6.32. The summed E-state index contributed by atoms with van der Waals surface area (Å²) in [6.45, 7) is 9.40. The molecule has 7 heteroatoms. The molecule has 0 spiro atoms. The van der Waals surface area contributed by atoms with Gasteiger partial charge in [-0.05, 0) is 27.0 Å². The summed E-state index contributed by atoms with van der Waals surface area (Å²) in [5, 5.41) is 8.89. The molecule has 6 nitrogen and oxygen atoms in total. The third kappa shape index (κ3) is 4.06. The zero-order valence-electron chi connectivity index (χ0n) is 13.4. The molecular weight excluding hydrogens is 284 g/mol. The van der Waals surface area contributed by atoms with E-state index in [1.807, 2.05) is 16.4 Å². The van der Waals surface area contributed by atoms with Crippen molar-refractivity contribution < 1.29 is 0 Å². The Balaban J connectivity index is 2.24. The van der Waals surface area contributed by atoms with Crippen molar-refractivity contribution >= 4 is 11.8 Å². The number of rotatable bonds is 6. The highest BCUT2D eigenvalue weighted by atomic mass is 32.2. The van der Waals surface area contributed by atoms with Crippen LogP contribution in [0.2, 0.25) is 0 Å². The molecule has 0 radical (unpaired) electrons. The predicted octanol–water partition coefficient (Wildman–Crippen LogP) is 2.33. The molecule has 0 fully saturated rings. The fourth-order valence-corrected chi connectivity index (χ4v) is 2.56. The molecule has 116 valence electrons. The molecule has 0 saturated carbocycles. The van der Waals surface area contributed by atoms with Crippen molar-refractivity contribution in [2.45, 2.75) is 52.1 Å². The molecule has 2 rings (SSSR count). The molecule has 2 aromatic heterocycles. The Labute approximate surface area is 130 Å². The summed E-state index contributed by atoms with van der Waals surface area (Å²) in [5.74, 6) is 3.24. The summed E-state index contributed by atoms with van der Waals surface area (Å²) >= 11 is 1.82. The van der Waals surface area contributed by atoms with Gasteiger partial charge in [-0.2, -0.15) is 22.0 Å². The standard InChI is InChI=1S/C14H24N6S/c1-11(8-19-10-15-9-16-19)13-17-12(6-7-21-5)18-20(13)14(2,3)4/h9-11H,6-8H2,1-5H3/t11-/m1/s1. The second kappa shape index (κ2) is 6.60. The van der Waals surface area contributed by atoms with Crippen molar-refractivity contribution in [2.24, 2.45) is 0 Å². The Bertz CT molecular complexity index is 555. The zero-order valence-corrected chi connectivity index (χ0v) is 14.3. The van der Waals surface area contributed by atoms with Gasteiger partial charge in [-0.15, -0.1) is 0 Å². The summed E-state index contributed by atoms with van der Waals surface area (Å²) in [6, 6.07) is 0. The van der Waals surface area contributed by atoms with Gasteiger partial charge in [-0.25, -0.2) is 14.6 Å². The van der Waals surface area contributed by atoms with Crippen LogP contribution >= 0.6 is 11.8 Å². The molecule has 0 saturated heterocycles. The molecule has 1 atom stereocenters. The number of aromatic nitrogens is 6. The van der Waals surface area contributed by atoms with E-state index in [0.717, 1.165) is 30.4 Å². The lowest BCUT2D eigenvalue weighted by atomic mass is 10.1. The molecule has 0 aliphatic rings. The minimum Gasteiger partial charge on any atom is -0.252 e. The minimum atomic E-state index is -0.0728. The summed E-state index contributed by atoms with van der Waals surface area (Å²) in [4.78, 5) is 8.76. The van der Waals surface area contributed by atoms with Crippen molar-refractivity contribution in [3.63, 3.8) is 0 Å². The van der Waals surface area contributed by atoms with E-state index in [4.69, 9.17) is 10.1 Å². The Morgan fingerprint density at radius 2 is 2.10 bits per heavy atom. The summed E-state index contributed by atoms with van der Waals surface area (Å²) < 4.78 is 3.90. The van der Waals surface area contributed by atoms with Crippen LogP contribution in [-0.4, -0.2) is 41.5 Å². The fraction of sp³-hybridized carbons (Fsp3) is 0.714. The number of nitrogens with zero attached hydrogens (tertiary/aromatic N) is 6. The van der Waals surface area contributed by atoms with E-state index in [1.165, 1.54) is 0 Å². The van der Waals surface area contributed by atoms with Crippen molar-refractivity contribution in [1.82, 2.24) is 29.5 Å². The van der Waals surface area contributed by atoms with Crippen molar-refractivity contribution in [1.29, 1.82) is 0 Å². The van der Waals surface area contributed by atoms with Gasteiger partial charge in [0.25, 0.3) is 0 Å². The maximum Gasteiger partial charge on any atom is 0.151 e. The molecule has 0 aromatic carbocycles. The largest absolute Gasteiger partial charge is 0.252 e. The van der Waals surface area contributed by atoms with E-state index in [-0.39, 0.29) is 11.5 Å². The minimum absolute atomic E-state index is 0.0728. The van der Waals surface area contributed by atoms with Gasteiger partial charge in [0, 0.05) is 18.1 Å². The van der Waals surface area contributed by atoms with Gasteiger partial charge in [0.1, 0.15) is 18.5 Å². The molecule has 0 aliphatic carbocycles. The molecular formula is C14H24N6S. The maximum atomic E-state index is 4.77. The highest BCUT2D eigenvalue weighted by Gasteiger charge is 2.24. The van der Waals surface area contributed by atoms with Crippen LogP contribution < -0.4 is 0 Å². The highest BCUT2D eigenvalue weighted by molar-refractivity contribution is 7.98. The fourth-order valence-electron chi connectivity index (χ4n) is 2.17. The molecule has 0 aliphatic heterocycles. The lowest BCUT2D eigenvalue weighted by Gasteiger charge is -2.23. The molecule has 21 heavy (non-hydrogen) atoms. The van der Waals surface area contributed by atoms with Crippen LogP contribution in [0.3, 0.4) is 0 Å². The first-order valence-electron chi connectivity index (χ1n) is 7.19. The summed E-state index contributed by atoms with van der Waals surface area (Å²) in [5.41, 5.74) is -0.0728. The van der Waals surface area contributed by atoms with Crippen molar-refractivity contribution in [3.8, 4) is 0 Å². The van der Waals surface area contributed by atoms with Gasteiger partial charge in [0.05, 0.1) is 12.1 Å². The van der Waals surface area contributed by atoms with Gasteiger partial charge in [0.15, 0.2) is 5.82 Å². The zero-order chi connectivity index (χ0) is 15.5. The lowest BCUT2D eigenvalue weighted by Crippen LogP contribution is -2.27. The van der Waals surface area contributed by atoms with E-state index >= 15 is 0 Å². The van der Waals surface area contributed by atoms with E-state index in [1.54, 1.807) is 12.7 Å². The molecule has 2 heterocycles. The SMILES string of the molecule is CSCCc1nc([C@H](C)Cn2cncn2)n(C(C)(C)C)n1. The monoisotopic (exact) mass is 308 g/mol. The smallest absolute Gasteiger partial charge is 0.151 e. The first-order chi connectivity index (χ1) is 9.91. The van der Waals surface area contributed by atoms with Gasteiger partial charge < -0.3 is 0 Å². The van der Waals surface area contributed by atoms with Gasteiger partial charge >= 0.3 is 0 Å². The predicted molar refractivity (Wildman–Crippen MR) is 85.5 cm³/mol. The molecule has 2 aromatic rings. The Hall–Kier alpha value is -1.37. The number of thioether (sulfide) groups is 1. The third-order valence-electron chi connectivity index (χ3n) is 3.21. The Morgan fingerprint density at radius 3 is 2.67 bits per heavy atom. The topological polar surface area (TPSA) is 61.4 Å². The molecule has 0 amide bonds. The Morgan fingerprint density at radius 1 is 1.33 bits per heavy atom. The highest BCUT2D eigenvalue weighted by Crippen LogP contribution is 2.22. The van der Waals surface area contributed by atoms with E-state index in [2.05, 4.69) is 48.7 Å². The van der Waals surface area contributed by atoms with Crippen molar-refractivity contribution in [3.05, 3.63) is 24.3 Å². The third-order valence-corrected chi connectivity index (χ3v) is 3.82. The van der Waals surface area contributed by atoms with E-state index in [9.17, 15) is 0 Å². The van der Waals surface area contributed by atoms with Crippen molar-refractivity contribution in [2.75, 3.05) is 12.0 Å². The number of aryl methyl sites for hydroxylation is 1. The van der Waals surface area contributed by atoms with Crippen LogP contribution in [0.15, 0.2) is 12.7 Å². The van der Waals surface area contributed by atoms with Crippen LogP contribution in [0, 0.1) is 0 Å². The second-order valence-corrected chi connectivity index (χ2v) is 7.22. The Kier molecular flexibility index (Phi) is 5.03. The van der Waals surface area contributed by atoms with Crippen LogP contribution in [0.1, 0.15) is 45.3 Å². The van der Waals surface area contributed by atoms with Crippen LogP contribution in [0.25, 0.3) is 0 Å². The van der Waals surface area contributed by atoms with Crippen LogP contribution in [0.4, 0.5) is 0 Å². The normalized spacial score (nSPS) is 13.6. The maximum absolute atomic E-state index is 4.77. The lowest BCUT2D eigenvalue weighted by molar-refractivity contribution is 0.327. The van der Waals surface area contributed by atoms with E-state index < -0.39 is 0 Å². The summed E-state index contributed by atoms with van der Waals surface area (Å²) in [7, 11) is 0. The van der Waals surface area contributed by atoms with E-state index in [0.29, 0.717) is 0 Å². The average Bonchev–Trinajstić information content (AvgIpc) is 3.04. The van der Waals surface area contributed by atoms with Gasteiger partial charge in [-0.3, -0.25) is 4.68 Å². The molecule has 0 N–H and O–H groups in total. The van der Waals surface area contributed by atoms with Crippen LogP contribution in [0.5, 0.6) is 0 Å². The molecule has 0 unspecified atom stereocenters. The van der Waals surface area contributed by atoms with Gasteiger partial charge in [0.2, 0.25) is 0 Å². The first-order valence-corrected chi connectivity index (χ1v) is 8.59. The second-order valence-electron chi connectivity index (χ2n) is 6.23. The van der Waals surface area contributed by atoms with Crippen LogP contribution in [-0.2, 0) is 18.5 Å². The van der Waals surface area contributed by atoms with Gasteiger partial charge in [-0.1, -0.05) is 6.92 Å². The molecule has 0 bridgehead atoms. The first kappa shape index (κ1) is 16.0. The number of hydrogen-bond donors (Lipinski definition) is 0. The quantitative estimate of drug-likeness (QED) is 0.819. The average molecular weight is 308 g/mol. The number of hydrogen-bond acceptors (Lipinski definition) is 5.